The minimum Gasteiger partial charge on any atom is -0.480 e. The fraction of sp³-hybridized carbons (Fsp3) is 0.667. The molecule has 0 fully saturated rings. The van der Waals surface area contributed by atoms with Crippen molar-refractivity contribution in [2.75, 3.05) is 24.3 Å². The van der Waals surface area contributed by atoms with Crippen LogP contribution in [-0.2, 0) is 24.0 Å². The first-order chi connectivity index (χ1) is 13.5. The number of thioether (sulfide) groups is 1. The lowest BCUT2D eigenvalue weighted by Gasteiger charge is -2.16. The third-order valence-corrected chi connectivity index (χ3v) is 4.21. The maximum Gasteiger partial charge on any atom is 0.322 e. The lowest BCUT2D eigenvalue weighted by Crippen LogP contribution is -2.49. The summed E-state index contributed by atoms with van der Waals surface area (Å²) < 4.78 is 0. The molecule has 0 spiro atoms. The van der Waals surface area contributed by atoms with E-state index in [2.05, 4.69) is 23.3 Å². The maximum atomic E-state index is 11.5. The summed E-state index contributed by atoms with van der Waals surface area (Å²) in [7, 11) is 0. The molecule has 168 valence electrons. The smallest absolute Gasteiger partial charge is 0.322 e. The number of carbonyl (C=O) groups excluding carboxylic acids is 2. The van der Waals surface area contributed by atoms with Gasteiger partial charge in [0.15, 0.2) is 0 Å². The Kier molecular flexibility index (Phi) is 17.0. The van der Waals surface area contributed by atoms with Crippen LogP contribution in [-0.4, -0.2) is 87.5 Å². The summed E-state index contributed by atoms with van der Waals surface area (Å²) in [5.41, 5.74) is 10.4. The topological polar surface area (TPSA) is 222 Å². The van der Waals surface area contributed by atoms with Gasteiger partial charge in [-0.1, -0.05) is 0 Å². The number of amides is 2. The fourth-order valence-corrected chi connectivity index (χ4v) is 2.27. The SMILES string of the molecule is CSCCC(N)C(=O)O.NC(CCC(=O)NC(CS)C(=O)NCC(=O)O)C(=O)O. The molecule has 0 bridgehead atoms. The Bertz CT molecular complexity index is 564. The summed E-state index contributed by atoms with van der Waals surface area (Å²) in [4.78, 5) is 53.8. The highest BCUT2D eigenvalue weighted by Crippen LogP contribution is 1.98. The first-order valence-corrected chi connectivity index (χ1v) is 10.3. The first-order valence-electron chi connectivity index (χ1n) is 8.31. The molecule has 0 rings (SSSR count). The molecule has 3 atom stereocenters. The van der Waals surface area contributed by atoms with E-state index in [-0.39, 0.29) is 18.6 Å². The molecule has 2 amide bonds. The van der Waals surface area contributed by atoms with Crippen LogP contribution in [0, 0.1) is 0 Å². The van der Waals surface area contributed by atoms with E-state index in [4.69, 9.17) is 26.8 Å². The Morgan fingerprint density at radius 1 is 1.00 bits per heavy atom. The van der Waals surface area contributed by atoms with E-state index in [9.17, 15) is 24.0 Å². The maximum absolute atomic E-state index is 11.5. The minimum absolute atomic E-state index is 0.0256. The van der Waals surface area contributed by atoms with Crippen LogP contribution in [0.4, 0.5) is 0 Å². The van der Waals surface area contributed by atoms with Gasteiger partial charge in [-0.25, -0.2) is 0 Å². The summed E-state index contributed by atoms with van der Waals surface area (Å²) >= 11 is 5.48. The summed E-state index contributed by atoms with van der Waals surface area (Å²) in [6.07, 6.45) is 2.24. The van der Waals surface area contributed by atoms with E-state index < -0.39 is 54.4 Å². The minimum atomic E-state index is -1.22. The zero-order valence-electron chi connectivity index (χ0n) is 15.9. The van der Waals surface area contributed by atoms with Crippen LogP contribution < -0.4 is 22.1 Å². The van der Waals surface area contributed by atoms with Crippen molar-refractivity contribution in [2.24, 2.45) is 11.5 Å². The predicted octanol–water partition coefficient (Wildman–Crippen LogP) is -2.05. The third kappa shape index (κ3) is 16.6. The molecule has 29 heavy (non-hydrogen) atoms. The lowest BCUT2D eigenvalue weighted by atomic mass is 10.1. The second-order valence-electron chi connectivity index (χ2n) is 5.62. The van der Waals surface area contributed by atoms with Gasteiger partial charge in [0, 0.05) is 12.2 Å². The number of hydrogen-bond donors (Lipinski definition) is 8. The zero-order chi connectivity index (χ0) is 23.0. The van der Waals surface area contributed by atoms with Gasteiger partial charge >= 0.3 is 17.9 Å². The van der Waals surface area contributed by atoms with Crippen molar-refractivity contribution in [2.45, 2.75) is 37.4 Å². The molecule has 12 nitrogen and oxygen atoms in total. The Balaban J connectivity index is 0. The van der Waals surface area contributed by atoms with Gasteiger partial charge in [-0.3, -0.25) is 24.0 Å². The fourth-order valence-electron chi connectivity index (χ4n) is 1.52. The van der Waals surface area contributed by atoms with Crippen molar-refractivity contribution in [3.05, 3.63) is 0 Å². The second kappa shape index (κ2) is 16.9. The molecule has 0 aromatic rings. The van der Waals surface area contributed by atoms with Gasteiger partial charge in [0.2, 0.25) is 11.8 Å². The Hall–Kier alpha value is -2.03. The average Bonchev–Trinajstić information content (AvgIpc) is 2.66. The van der Waals surface area contributed by atoms with E-state index in [0.717, 1.165) is 5.75 Å². The molecule has 14 heteroatoms. The zero-order valence-corrected chi connectivity index (χ0v) is 17.6. The number of hydrogen-bond acceptors (Lipinski definition) is 9. The van der Waals surface area contributed by atoms with Crippen LogP contribution in [0.15, 0.2) is 0 Å². The molecule has 9 N–H and O–H groups in total. The van der Waals surface area contributed by atoms with Gasteiger partial charge in [-0.2, -0.15) is 24.4 Å². The summed E-state index contributed by atoms with van der Waals surface area (Å²) in [5.74, 6) is -3.80. The molecule has 0 saturated heterocycles. The molecule has 0 aliphatic rings. The van der Waals surface area contributed by atoms with Crippen molar-refractivity contribution in [1.29, 1.82) is 0 Å². The number of rotatable bonds is 13. The average molecular weight is 457 g/mol. The summed E-state index contributed by atoms with van der Waals surface area (Å²) in [6, 6.07) is -2.83. The lowest BCUT2D eigenvalue weighted by molar-refractivity contribution is -0.139. The number of nitrogens with one attached hydrogen (secondary N) is 2. The van der Waals surface area contributed by atoms with Crippen molar-refractivity contribution < 1.29 is 39.3 Å². The number of carboxylic acid groups (broad SMARTS) is 3. The second-order valence-corrected chi connectivity index (χ2v) is 6.97. The number of carboxylic acids is 3. The van der Waals surface area contributed by atoms with Gasteiger partial charge in [0.05, 0.1) is 0 Å². The molecule has 0 heterocycles. The van der Waals surface area contributed by atoms with Crippen molar-refractivity contribution in [3.8, 4) is 0 Å². The van der Waals surface area contributed by atoms with E-state index in [1.54, 1.807) is 11.8 Å². The molecule has 0 aromatic carbocycles. The van der Waals surface area contributed by atoms with Gasteiger partial charge in [0.25, 0.3) is 0 Å². The van der Waals surface area contributed by atoms with Gasteiger partial charge in [-0.15, -0.1) is 0 Å². The molecular weight excluding hydrogens is 428 g/mol. The molecule has 0 saturated carbocycles. The number of nitrogens with two attached hydrogens (primary N) is 2. The van der Waals surface area contributed by atoms with Crippen LogP contribution in [0.5, 0.6) is 0 Å². The molecule has 0 aliphatic carbocycles. The van der Waals surface area contributed by atoms with Crippen LogP contribution in [0.25, 0.3) is 0 Å². The van der Waals surface area contributed by atoms with Gasteiger partial charge < -0.3 is 37.4 Å². The Morgan fingerprint density at radius 2 is 1.52 bits per heavy atom. The largest absolute Gasteiger partial charge is 0.480 e. The number of aliphatic carboxylic acids is 3. The van der Waals surface area contributed by atoms with E-state index >= 15 is 0 Å². The highest BCUT2D eigenvalue weighted by molar-refractivity contribution is 7.98. The van der Waals surface area contributed by atoms with Crippen molar-refractivity contribution in [1.82, 2.24) is 10.6 Å². The summed E-state index contributed by atoms with van der Waals surface area (Å²) in [5, 5.41) is 29.6. The van der Waals surface area contributed by atoms with E-state index in [1.165, 1.54) is 0 Å². The van der Waals surface area contributed by atoms with Gasteiger partial charge in [-0.05, 0) is 24.9 Å². The van der Waals surface area contributed by atoms with Crippen molar-refractivity contribution in [3.63, 3.8) is 0 Å². The normalized spacial score (nSPS) is 13.1. The number of carbonyl (C=O) groups is 5. The van der Waals surface area contributed by atoms with Crippen LogP contribution in [0.2, 0.25) is 0 Å². The highest BCUT2D eigenvalue weighted by Gasteiger charge is 2.20. The molecule has 0 aromatic heterocycles. The van der Waals surface area contributed by atoms with E-state index in [0.29, 0.717) is 6.42 Å². The van der Waals surface area contributed by atoms with E-state index in [1.807, 2.05) is 6.26 Å². The molecule has 0 radical (unpaired) electrons. The number of thiol groups is 1. The Labute approximate surface area is 177 Å². The molecule has 3 unspecified atom stereocenters. The van der Waals surface area contributed by atoms with Crippen LogP contribution in [0.1, 0.15) is 19.3 Å². The first kappa shape index (κ1) is 29.2. The van der Waals surface area contributed by atoms with Gasteiger partial charge in [0.1, 0.15) is 24.7 Å². The summed E-state index contributed by atoms with van der Waals surface area (Å²) in [6.45, 7) is -0.567. The van der Waals surface area contributed by atoms with Crippen LogP contribution >= 0.6 is 24.4 Å². The quantitative estimate of drug-likeness (QED) is 0.141. The highest BCUT2D eigenvalue weighted by atomic mass is 32.2. The standard InChI is InChI=1S/C10H17N3O6S.C5H11NO2S/c11-5(10(18)19)1-2-7(14)13-6(4-20)9(17)12-3-8(15)16;1-9-3-2-4(6)5(7)8/h5-6,20H,1-4,11H2,(H,12,17)(H,13,14)(H,15,16)(H,18,19);4H,2-3,6H2,1H3,(H,7,8). The third-order valence-electron chi connectivity index (χ3n) is 3.20. The van der Waals surface area contributed by atoms with Crippen LogP contribution in [0.3, 0.4) is 0 Å². The van der Waals surface area contributed by atoms with Crippen molar-refractivity contribution >= 4 is 54.1 Å². The molecule has 0 aliphatic heterocycles. The Morgan fingerprint density at radius 3 is 1.93 bits per heavy atom. The molecular formula is C15H28N4O8S2. The predicted molar refractivity (Wildman–Crippen MR) is 110 cm³/mol. The monoisotopic (exact) mass is 456 g/mol.